The fourth-order valence-electron chi connectivity index (χ4n) is 1.65. The molecular weight excluding hydrogens is 226 g/mol. The van der Waals surface area contributed by atoms with Gasteiger partial charge in [-0.2, -0.15) is 0 Å². The van der Waals surface area contributed by atoms with E-state index in [0.717, 1.165) is 6.42 Å². The van der Waals surface area contributed by atoms with Gasteiger partial charge in [-0.1, -0.05) is 0 Å². The molecule has 0 unspecified atom stereocenters. The van der Waals surface area contributed by atoms with Crippen LogP contribution in [0.1, 0.15) is 16.9 Å². The van der Waals surface area contributed by atoms with Gasteiger partial charge in [0.05, 0.1) is 0 Å². The molecule has 8 heteroatoms. The van der Waals surface area contributed by atoms with Gasteiger partial charge >= 0.3 is 0 Å². The molecule has 0 saturated carbocycles. The molecule has 0 aliphatic carbocycles. The van der Waals surface area contributed by atoms with Crippen molar-refractivity contribution in [2.75, 3.05) is 32.4 Å². The molecule has 1 saturated heterocycles. The summed E-state index contributed by atoms with van der Waals surface area (Å²) in [6, 6.07) is 0. The second kappa shape index (κ2) is 4.40. The number of nitrogen functional groups attached to an aromatic ring is 1. The van der Waals surface area contributed by atoms with Crippen LogP contribution in [0.3, 0.4) is 0 Å². The van der Waals surface area contributed by atoms with Crippen LogP contribution in [0.4, 0.5) is 5.82 Å². The highest BCUT2D eigenvalue weighted by Crippen LogP contribution is 2.11. The monoisotopic (exact) mass is 239 g/mol. The number of hydrogen-bond acceptors (Lipinski definition) is 6. The molecular formula is C9H13N5O3. The van der Waals surface area contributed by atoms with Crippen LogP contribution in [0.2, 0.25) is 0 Å². The number of hydrogen-bond donors (Lipinski definition) is 1. The third-order valence-electron chi connectivity index (χ3n) is 2.68. The number of nitrogens with zero attached hydrogens (tertiary/aromatic N) is 4. The van der Waals surface area contributed by atoms with Crippen LogP contribution in [0, 0.1) is 0 Å². The van der Waals surface area contributed by atoms with Crippen molar-refractivity contribution in [2.45, 2.75) is 6.42 Å². The predicted molar refractivity (Wildman–Crippen MR) is 56.9 cm³/mol. The van der Waals surface area contributed by atoms with Gasteiger partial charge in [0.2, 0.25) is 17.4 Å². The summed E-state index contributed by atoms with van der Waals surface area (Å²) in [6.07, 6.45) is 0.721. The largest absolute Gasteiger partial charge is 0.379 e. The SMILES string of the molecule is CN1CCCN(C(=O)c2nonc2N)CC1=O. The van der Waals surface area contributed by atoms with E-state index in [-0.39, 0.29) is 24.0 Å². The minimum atomic E-state index is -0.424. The van der Waals surface area contributed by atoms with Gasteiger partial charge < -0.3 is 15.5 Å². The van der Waals surface area contributed by atoms with Crippen molar-refractivity contribution in [1.82, 2.24) is 20.1 Å². The fourth-order valence-corrected chi connectivity index (χ4v) is 1.65. The number of likely N-dealkylation sites (N-methyl/N-ethyl adjacent to an activating group) is 1. The summed E-state index contributed by atoms with van der Waals surface area (Å²) in [5.74, 6) is -0.585. The number of carbonyl (C=O) groups excluding carboxylic acids is 2. The van der Waals surface area contributed by atoms with E-state index in [1.165, 1.54) is 4.90 Å². The highest BCUT2D eigenvalue weighted by molar-refractivity contribution is 5.98. The number of aromatic nitrogens is 2. The van der Waals surface area contributed by atoms with E-state index in [9.17, 15) is 9.59 Å². The van der Waals surface area contributed by atoms with Crippen molar-refractivity contribution >= 4 is 17.6 Å². The second-order valence-electron chi connectivity index (χ2n) is 3.89. The van der Waals surface area contributed by atoms with Crippen molar-refractivity contribution in [3.05, 3.63) is 5.69 Å². The first kappa shape index (κ1) is 11.4. The molecule has 0 spiro atoms. The number of anilines is 1. The van der Waals surface area contributed by atoms with E-state index < -0.39 is 5.91 Å². The van der Waals surface area contributed by atoms with Gasteiger partial charge in [-0.3, -0.25) is 9.59 Å². The topological polar surface area (TPSA) is 106 Å². The van der Waals surface area contributed by atoms with E-state index in [4.69, 9.17) is 5.73 Å². The van der Waals surface area contributed by atoms with Gasteiger partial charge in [0, 0.05) is 20.1 Å². The minimum absolute atomic E-state index is 0.0294. The molecule has 1 aromatic heterocycles. The van der Waals surface area contributed by atoms with Crippen LogP contribution < -0.4 is 5.73 Å². The van der Waals surface area contributed by atoms with Crippen LogP contribution in [-0.2, 0) is 4.79 Å². The van der Waals surface area contributed by atoms with E-state index in [0.29, 0.717) is 13.1 Å². The summed E-state index contributed by atoms with van der Waals surface area (Å²) in [5.41, 5.74) is 5.40. The number of nitrogens with two attached hydrogens (primary N) is 1. The molecule has 2 amide bonds. The van der Waals surface area contributed by atoms with E-state index >= 15 is 0 Å². The van der Waals surface area contributed by atoms with Crippen LogP contribution >= 0.6 is 0 Å². The standard InChI is InChI=1S/C9H13N5O3/c1-13-3-2-4-14(5-6(13)15)9(16)7-8(10)12-17-11-7/h2-5H2,1H3,(H2,10,12). The Hall–Kier alpha value is -2.12. The Kier molecular flexibility index (Phi) is 2.94. The maximum atomic E-state index is 12.0. The van der Waals surface area contributed by atoms with Crippen molar-refractivity contribution < 1.29 is 14.2 Å². The quantitative estimate of drug-likeness (QED) is 0.670. The van der Waals surface area contributed by atoms with Gasteiger partial charge in [0.15, 0.2) is 0 Å². The zero-order valence-corrected chi connectivity index (χ0v) is 9.42. The van der Waals surface area contributed by atoms with Crippen LogP contribution in [0.25, 0.3) is 0 Å². The molecule has 0 atom stereocenters. The maximum absolute atomic E-state index is 12.0. The van der Waals surface area contributed by atoms with Crippen molar-refractivity contribution in [3.8, 4) is 0 Å². The summed E-state index contributed by atoms with van der Waals surface area (Å²) >= 11 is 0. The first-order valence-electron chi connectivity index (χ1n) is 5.21. The maximum Gasteiger partial charge on any atom is 0.280 e. The molecule has 0 aromatic carbocycles. The Morgan fingerprint density at radius 3 is 2.82 bits per heavy atom. The summed E-state index contributed by atoms with van der Waals surface area (Å²) in [4.78, 5) is 26.6. The molecule has 1 fully saturated rings. The molecule has 1 aliphatic heterocycles. The molecule has 0 bridgehead atoms. The molecule has 8 nitrogen and oxygen atoms in total. The minimum Gasteiger partial charge on any atom is -0.379 e. The molecule has 0 radical (unpaired) electrons. The van der Waals surface area contributed by atoms with Gasteiger partial charge in [-0.25, -0.2) is 4.63 Å². The third kappa shape index (κ3) is 2.19. The lowest BCUT2D eigenvalue weighted by Crippen LogP contribution is -2.38. The van der Waals surface area contributed by atoms with E-state index in [1.807, 2.05) is 0 Å². The zero-order valence-electron chi connectivity index (χ0n) is 9.42. The predicted octanol–water partition coefficient (Wildman–Crippen LogP) is -1.04. The highest BCUT2D eigenvalue weighted by Gasteiger charge is 2.27. The number of amides is 2. The first-order valence-corrected chi connectivity index (χ1v) is 5.21. The van der Waals surface area contributed by atoms with Gasteiger partial charge in [-0.15, -0.1) is 0 Å². The summed E-state index contributed by atoms with van der Waals surface area (Å²) < 4.78 is 4.37. The Morgan fingerprint density at radius 2 is 2.18 bits per heavy atom. The number of carbonyl (C=O) groups is 2. The average Bonchev–Trinajstić information content (AvgIpc) is 2.65. The molecule has 2 rings (SSSR count). The highest BCUT2D eigenvalue weighted by atomic mass is 16.6. The zero-order chi connectivity index (χ0) is 12.4. The fraction of sp³-hybridized carbons (Fsp3) is 0.556. The second-order valence-corrected chi connectivity index (χ2v) is 3.89. The van der Waals surface area contributed by atoms with Crippen LogP contribution in [-0.4, -0.2) is 58.6 Å². The molecule has 1 aliphatic rings. The Balaban J connectivity index is 2.15. The lowest BCUT2D eigenvalue weighted by Gasteiger charge is -2.18. The smallest absolute Gasteiger partial charge is 0.280 e. The van der Waals surface area contributed by atoms with Crippen molar-refractivity contribution in [2.24, 2.45) is 0 Å². The van der Waals surface area contributed by atoms with Crippen LogP contribution in [0.5, 0.6) is 0 Å². The Labute approximate surface area is 97.3 Å². The molecule has 92 valence electrons. The lowest BCUT2D eigenvalue weighted by molar-refractivity contribution is -0.129. The normalized spacial score (nSPS) is 17.1. The first-order chi connectivity index (χ1) is 8.09. The Bertz CT molecular complexity index is 444. The number of rotatable bonds is 1. The summed E-state index contributed by atoms with van der Waals surface area (Å²) in [7, 11) is 1.71. The van der Waals surface area contributed by atoms with Gasteiger partial charge in [0.25, 0.3) is 5.91 Å². The van der Waals surface area contributed by atoms with Crippen molar-refractivity contribution in [3.63, 3.8) is 0 Å². The molecule has 2 N–H and O–H groups in total. The van der Waals surface area contributed by atoms with Gasteiger partial charge in [-0.05, 0) is 16.7 Å². The summed E-state index contributed by atoms with van der Waals surface area (Å²) in [6.45, 7) is 1.15. The van der Waals surface area contributed by atoms with E-state index in [2.05, 4.69) is 14.9 Å². The third-order valence-corrected chi connectivity index (χ3v) is 2.68. The molecule has 17 heavy (non-hydrogen) atoms. The molecule has 1 aromatic rings. The van der Waals surface area contributed by atoms with E-state index in [1.54, 1.807) is 11.9 Å². The van der Waals surface area contributed by atoms with Crippen LogP contribution in [0.15, 0.2) is 4.63 Å². The van der Waals surface area contributed by atoms with Gasteiger partial charge in [0.1, 0.15) is 6.54 Å². The lowest BCUT2D eigenvalue weighted by atomic mass is 10.3. The summed E-state index contributed by atoms with van der Waals surface area (Å²) in [5, 5.41) is 6.78. The molecule has 2 heterocycles. The van der Waals surface area contributed by atoms with Crippen molar-refractivity contribution in [1.29, 1.82) is 0 Å². The Morgan fingerprint density at radius 1 is 1.41 bits per heavy atom. The average molecular weight is 239 g/mol.